The van der Waals surface area contributed by atoms with Crippen LogP contribution in [0.1, 0.15) is 31.7 Å². The summed E-state index contributed by atoms with van der Waals surface area (Å²) < 4.78 is 18.5. The highest BCUT2D eigenvalue weighted by Crippen LogP contribution is 2.27. The first-order valence-corrected chi connectivity index (χ1v) is 12.6. The molecule has 0 aliphatic carbocycles. The van der Waals surface area contributed by atoms with E-state index in [0.29, 0.717) is 47.6 Å². The second-order valence-corrected chi connectivity index (χ2v) is 9.35. The summed E-state index contributed by atoms with van der Waals surface area (Å²) >= 11 is 0. The predicted octanol–water partition coefficient (Wildman–Crippen LogP) is 3.46. The summed E-state index contributed by atoms with van der Waals surface area (Å²) in [6.45, 7) is 5.39. The van der Waals surface area contributed by atoms with Crippen LogP contribution in [0.15, 0.2) is 53.3 Å². The van der Waals surface area contributed by atoms with Crippen LogP contribution in [0.25, 0.3) is 10.9 Å². The minimum absolute atomic E-state index is 0.0301. The standard InChI is InChI=1S/C25H33N3O4.C4H4O4/c1-17(2)32-20-8-10-22-21(16-20)25(29)28(13-7-12-27(3)4)24(26-22)15-18-14-19(30-5)9-11-23(18)31-6;5-3(6)1-2-4(7)8/h8-11,14,16-17H,7,12-13,15H2,1-6H3;1-2H,(H,5,6)(H,7,8)/b;2-1-. The average molecular weight is 556 g/mol. The van der Waals surface area contributed by atoms with E-state index < -0.39 is 11.9 Å². The molecule has 2 aromatic carbocycles. The lowest BCUT2D eigenvalue weighted by Gasteiger charge is -2.17. The molecule has 216 valence electrons. The predicted molar refractivity (Wildman–Crippen MR) is 152 cm³/mol. The number of hydrogen-bond acceptors (Lipinski definition) is 8. The molecule has 0 radical (unpaired) electrons. The smallest absolute Gasteiger partial charge is 0.328 e. The molecule has 0 aliphatic heterocycles. The van der Waals surface area contributed by atoms with Gasteiger partial charge in [0.15, 0.2) is 0 Å². The zero-order chi connectivity index (χ0) is 29.8. The van der Waals surface area contributed by atoms with E-state index in [4.69, 9.17) is 29.4 Å². The summed E-state index contributed by atoms with van der Waals surface area (Å²) in [4.78, 5) is 39.6. The molecule has 2 N–H and O–H groups in total. The number of benzene rings is 2. The van der Waals surface area contributed by atoms with Crippen molar-refractivity contribution in [1.29, 1.82) is 0 Å². The first-order valence-electron chi connectivity index (χ1n) is 12.6. The number of rotatable bonds is 12. The lowest BCUT2D eigenvalue weighted by atomic mass is 10.1. The van der Waals surface area contributed by atoms with Gasteiger partial charge in [0.1, 0.15) is 23.1 Å². The molecule has 11 nitrogen and oxygen atoms in total. The summed E-state index contributed by atoms with van der Waals surface area (Å²) in [6.07, 6.45) is 2.44. The fourth-order valence-corrected chi connectivity index (χ4v) is 3.84. The highest BCUT2D eigenvalue weighted by Gasteiger charge is 2.15. The topological polar surface area (TPSA) is 140 Å². The van der Waals surface area contributed by atoms with Gasteiger partial charge in [0.25, 0.3) is 5.56 Å². The quantitative estimate of drug-likeness (QED) is 0.319. The van der Waals surface area contributed by atoms with Crippen LogP contribution in [0.3, 0.4) is 0 Å². The van der Waals surface area contributed by atoms with Crippen molar-refractivity contribution >= 4 is 22.8 Å². The van der Waals surface area contributed by atoms with Gasteiger partial charge in [0.05, 0.1) is 31.2 Å². The molecule has 1 aromatic heterocycles. The van der Waals surface area contributed by atoms with Gasteiger partial charge >= 0.3 is 11.9 Å². The van der Waals surface area contributed by atoms with Crippen LogP contribution in [0.5, 0.6) is 17.2 Å². The zero-order valence-corrected chi connectivity index (χ0v) is 23.7. The average Bonchev–Trinajstić information content (AvgIpc) is 2.89. The second kappa shape index (κ2) is 15.3. The van der Waals surface area contributed by atoms with Crippen LogP contribution in [-0.4, -0.2) is 77.6 Å². The molecule has 0 unspecified atom stereocenters. The molecule has 0 bridgehead atoms. The van der Waals surface area contributed by atoms with E-state index in [1.165, 1.54) is 0 Å². The summed E-state index contributed by atoms with van der Waals surface area (Å²) in [6, 6.07) is 11.2. The molecule has 0 aliphatic rings. The van der Waals surface area contributed by atoms with Crippen LogP contribution >= 0.6 is 0 Å². The zero-order valence-electron chi connectivity index (χ0n) is 23.7. The Balaban J connectivity index is 0.000000611. The van der Waals surface area contributed by atoms with Crippen molar-refractivity contribution in [3.63, 3.8) is 0 Å². The molecule has 0 spiro atoms. The maximum atomic E-state index is 13.5. The highest BCUT2D eigenvalue weighted by atomic mass is 16.5. The number of nitrogens with zero attached hydrogens (tertiary/aromatic N) is 3. The van der Waals surface area contributed by atoms with E-state index in [2.05, 4.69) is 4.90 Å². The highest BCUT2D eigenvalue weighted by molar-refractivity contribution is 5.89. The van der Waals surface area contributed by atoms with Crippen LogP contribution in [0, 0.1) is 0 Å². The third-order valence-corrected chi connectivity index (χ3v) is 5.57. The molecular formula is C29H37N3O8. The normalized spacial score (nSPS) is 11.0. The minimum atomic E-state index is -1.26. The van der Waals surface area contributed by atoms with Crippen molar-refractivity contribution < 1.29 is 34.0 Å². The Bertz CT molecular complexity index is 1380. The molecule has 0 saturated carbocycles. The number of aliphatic carboxylic acids is 2. The maximum absolute atomic E-state index is 13.5. The Kier molecular flexibility index (Phi) is 12.2. The number of ether oxygens (including phenoxy) is 3. The number of methoxy groups -OCH3 is 2. The number of carboxylic acid groups (broad SMARTS) is 2. The number of carboxylic acids is 2. The van der Waals surface area contributed by atoms with Gasteiger partial charge in [0.2, 0.25) is 0 Å². The lowest BCUT2D eigenvalue weighted by molar-refractivity contribution is -0.134. The molecule has 40 heavy (non-hydrogen) atoms. The Hall–Kier alpha value is -4.38. The molecule has 0 fully saturated rings. The molecule has 11 heteroatoms. The van der Waals surface area contributed by atoms with Gasteiger partial charge in [-0.1, -0.05) is 0 Å². The summed E-state index contributed by atoms with van der Waals surface area (Å²) in [7, 11) is 7.32. The second-order valence-electron chi connectivity index (χ2n) is 9.35. The number of carbonyl (C=O) groups is 2. The van der Waals surface area contributed by atoms with Gasteiger partial charge in [-0.25, -0.2) is 14.6 Å². The SMILES string of the molecule is COc1ccc(OC)c(Cc2nc3ccc(OC(C)C)cc3c(=O)n2CCCN(C)C)c1.O=C(O)/C=C\C(=O)O. The van der Waals surface area contributed by atoms with Gasteiger partial charge in [-0.3, -0.25) is 9.36 Å². The Morgan fingerprint density at radius 2 is 1.65 bits per heavy atom. The number of aromatic nitrogens is 2. The molecule has 3 aromatic rings. The molecule has 1 heterocycles. The van der Waals surface area contributed by atoms with Crippen molar-refractivity contribution in [1.82, 2.24) is 14.5 Å². The largest absolute Gasteiger partial charge is 0.497 e. The Labute approximate surface area is 233 Å². The van der Waals surface area contributed by atoms with E-state index in [9.17, 15) is 14.4 Å². The maximum Gasteiger partial charge on any atom is 0.328 e. The minimum Gasteiger partial charge on any atom is -0.497 e. The van der Waals surface area contributed by atoms with Crippen molar-refractivity contribution in [2.24, 2.45) is 0 Å². The Morgan fingerprint density at radius 1 is 1.00 bits per heavy atom. The van der Waals surface area contributed by atoms with Crippen LogP contribution in [0.2, 0.25) is 0 Å². The van der Waals surface area contributed by atoms with Crippen molar-refractivity contribution in [2.75, 3.05) is 34.9 Å². The van der Waals surface area contributed by atoms with Crippen molar-refractivity contribution in [3.8, 4) is 17.2 Å². The van der Waals surface area contributed by atoms with Crippen LogP contribution in [0.4, 0.5) is 0 Å². The van der Waals surface area contributed by atoms with E-state index in [1.807, 2.05) is 58.3 Å². The third kappa shape index (κ3) is 9.73. The molecule has 0 atom stereocenters. The molecule has 0 saturated heterocycles. The van der Waals surface area contributed by atoms with Gasteiger partial charge < -0.3 is 29.3 Å². The summed E-state index contributed by atoms with van der Waals surface area (Å²) in [5.41, 5.74) is 1.52. The molecule has 3 rings (SSSR count). The van der Waals surface area contributed by atoms with Gasteiger partial charge in [-0.15, -0.1) is 0 Å². The van der Waals surface area contributed by atoms with Gasteiger partial charge in [0, 0.05) is 30.7 Å². The first-order chi connectivity index (χ1) is 18.9. The van der Waals surface area contributed by atoms with Crippen LogP contribution < -0.4 is 19.8 Å². The van der Waals surface area contributed by atoms with E-state index in [1.54, 1.807) is 24.9 Å². The van der Waals surface area contributed by atoms with Crippen molar-refractivity contribution in [3.05, 3.63) is 70.3 Å². The van der Waals surface area contributed by atoms with E-state index in [-0.39, 0.29) is 11.7 Å². The first kappa shape index (κ1) is 31.8. The van der Waals surface area contributed by atoms with Crippen molar-refractivity contribution in [2.45, 2.75) is 39.3 Å². The number of fused-ring (bicyclic) bond motifs is 1. The van der Waals surface area contributed by atoms with Gasteiger partial charge in [-0.2, -0.15) is 0 Å². The van der Waals surface area contributed by atoms with E-state index in [0.717, 1.165) is 30.0 Å². The summed E-state index contributed by atoms with van der Waals surface area (Å²) in [5.74, 6) is 0.331. The third-order valence-electron chi connectivity index (χ3n) is 5.57. The Morgan fingerprint density at radius 3 is 2.20 bits per heavy atom. The molecular weight excluding hydrogens is 518 g/mol. The van der Waals surface area contributed by atoms with E-state index >= 15 is 0 Å². The number of hydrogen-bond donors (Lipinski definition) is 2. The summed E-state index contributed by atoms with van der Waals surface area (Å²) in [5, 5.41) is 16.2. The fourth-order valence-electron chi connectivity index (χ4n) is 3.84. The molecule has 0 amide bonds. The monoisotopic (exact) mass is 555 g/mol. The lowest BCUT2D eigenvalue weighted by Crippen LogP contribution is -2.27. The van der Waals surface area contributed by atoms with Crippen LogP contribution in [-0.2, 0) is 22.6 Å². The fraction of sp³-hybridized carbons (Fsp3) is 0.379. The van der Waals surface area contributed by atoms with Gasteiger partial charge in [-0.05, 0) is 77.3 Å².